The molecule has 4 amide bonds. The standard InChI is InChI=1S/C21H25FN4O4/c1-21(2,3)25-8-6-24(7-9-25)16-11-13-12(10-14(16)22)19(29)26(20(13)30)15-4-5-17(27)23-18(15)28/h10-11,15H,4-9H2,1-3H3,(H,23,27,28). The number of piperidine rings is 1. The van der Waals surface area contributed by atoms with Crippen LogP contribution in [0, 0.1) is 5.82 Å². The number of anilines is 1. The van der Waals surface area contributed by atoms with Gasteiger partial charge in [-0.25, -0.2) is 4.39 Å². The van der Waals surface area contributed by atoms with E-state index < -0.39 is 35.5 Å². The zero-order valence-corrected chi connectivity index (χ0v) is 17.3. The number of amides is 4. The predicted molar refractivity (Wildman–Crippen MR) is 107 cm³/mol. The molecule has 1 aromatic rings. The van der Waals surface area contributed by atoms with Gasteiger partial charge in [0, 0.05) is 38.1 Å². The van der Waals surface area contributed by atoms with Gasteiger partial charge in [0.1, 0.15) is 11.9 Å². The Morgan fingerprint density at radius 3 is 2.13 bits per heavy atom. The van der Waals surface area contributed by atoms with Crippen LogP contribution in [0.1, 0.15) is 54.3 Å². The van der Waals surface area contributed by atoms with Crippen molar-refractivity contribution in [2.45, 2.75) is 45.2 Å². The minimum Gasteiger partial charge on any atom is -0.367 e. The fourth-order valence-corrected chi connectivity index (χ4v) is 4.34. The van der Waals surface area contributed by atoms with Crippen molar-refractivity contribution < 1.29 is 23.6 Å². The van der Waals surface area contributed by atoms with Gasteiger partial charge in [-0.1, -0.05) is 0 Å². The van der Waals surface area contributed by atoms with Crippen molar-refractivity contribution >= 4 is 29.3 Å². The maximum absolute atomic E-state index is 14.9. The smallest absolute Gasteiger partial charge is 0.262 e. The summed E-state index contributed by atoms with van der Waals surface area (Å²) in [7, 11) is 0. The van der Waals surface area contributed by atoms with Gasteiger partial charge in [0.2, 0.25) is 11.8 Å². The van der Waals surface area contributed by atoms with Crippen LogP contribution in [0.2, 0.25) is 0 Å². The zero-order valence-electron chi connectivity index (χ0n) is 17.3. The number of rotatable bonds is 2. The first-order chi connectivity index (χ1) is 14.1. The Labute approximate surface area is 174 Å². The number of carbonyl (C=O) groups is 4. The van der Waals surface area contributed by atoms with Crippen molar-refractivity contribution in [3.8, 4) is 0 Å². The summed E-state index contributed by atoms with van der Waals surface area (Å²) >= 11 is 0. The van der Waals surface area contributed by atoms with Gasteiger partial charge >= 0.3 is 0 Å². The van der Waals surface area contributed by atoms with E-state index >= 15 is 0 Å². The number of fused-ring (bicyclic) bond motifs is 1. The number of piperazine rings is 1. The Balaban J connectivity index is 1.59. The first-order valence-electron chi connectivity index (χ1n) is 10.1. The SMILES string of the molecule is CC(C)(C)N1CCN(c2cc3c(cc2F)C(=O)N(C2CCC(=O)NC2=O)C3=O)CC1. The molecular weight excluding hydrogens is 391 g/mol. The summed E-state index contributed by atoms with van der Waals surface area (Å²) in [5.74, 6) is -3.01. The third kappa shape index (κ3) is 3.36. The van der Waals surface area contributed by atoms with E-state index in [4.69, 9.17) is 0 Å². The van der Waals surface area contributed by atoms with E-state index in [1.807, 2.05) is 4.90 Å². The normalized spacial score (nSPS) is 23.1. The van der Waals surface area contributed by atoms with Crippen LogP contribution in [0.25, 0.3) is 0 Å². The minimum absolute atomic E-state index is 0.0212. The number of hydrogen-bond donors (Lipinski definition) is 1. The Kier molecular flexibility index (Phi) is 4.88. The number of nitrogens with one attached hydrogen (secondary N) is 1. The fraction of sp³-hybridized carbons (Fsp3) is 0.524. The molecule has 0 bridgehead atoms. The van der Waals surface area contributed by atoms with Crippen LogP contribution < -0.4 is 10.2 Å². The number of nitrogens with zero attached hydrogens (tertiary/aromatic N) is 3. The topological polar surface area (TPSA) is 90.0 Å². The highest BCUT2D eigenvalue weighted by atomic mass is 19.1. The molecule has 8 nitrogen and oxygen atoms in total. The fourth-order valence-electron chi connectivity index (χ4n) is 4.34. The van der Waals surface area contributed by atoms with E-state index in [9.17, 15) is 23.6 Å². The Morgan fingerprint density at radius 1 is 0.967 bits per heavy atom. The van der Waals surface area contributed by atoms with Crippen LogP contribution in [0.15, 0.2) is 12.1 Å². The van der Waals surface area contributed by atoms with E-state index in [-0.39, 0.29) is 35.2 Å². The second-order valence-electron chi connectivity index (χ2n) is 8.94. The van der Waals surface area contributed by atoms with Gasteiger partial charge in [-0.3, -0.25) is 34.3 Å². The van der Waals surface area contributed by atoms with Gasteiger partial charge in [0.15, 0.2) is 0 Å². The largest absolute Gasteiger partial charge is 0.367 e. The molecule has 3 heterocycles. The molecule has 0 aromatic heterocycles. The van der Waals surface area contributed by atoms with Crippen LogP contribution in [-0.2, 0) is 9.59 Å². The van der Waals surface area contributed by atoms with E-state index in [2.05, 4.69) is 31.0 Å². The van der Waals surface area contributed by atoms with Crippen molar-refractivity contribution in [2.24, 2.45) is 0 Å². The van der Waals surface area contributed by atoms with Crippen LogP contribution >= 0.6 is 0 Å². The summed E-state index contributed by atoms with van der Waals surface area (Å²) in [5.41, 5.74) is 0.361. The second-order valence-corrected chi connectivity index (χ2v) is 8.94. The number of benzene rings is 1. The zero-order chi connectivity index (χ0) is 21.8. The molecule has 9 heteroatoms. The molecule has 3 aliphatic heterocycles. The highest BCUT2D eigenvalue weighted by molar-refractivity contribution is 6.23. The third-order valence-electron chi connectivity index (χ3n) is 6.08. The van der Waals surface area contributed by atoms with Crippen LogP contribution in [0.4, 0.5) is 10.1 Å². The lowest BCUT2D eigenvalue weighted by molar-refractivity contribution is -0.136. The van der Waals surface area contributed by atoms with Crippen LogP contribution in [-0.4, -0.2) is 71.2 Å². The highest BCUT2D eigenvalue weighted by Gasteiger charge is 2.45. The quantitative estimate of drug-likeness (QED) is 0.728. The van der Waals surface area contributed by atoms with Crippen molar-refractivity contribution in [3.05, 3.63) is 29.1 Å². The molecule has 2 saturated heterocycles. The Hall–Kier alpha value is -2.81. The molecule has 1 atom stereocenters. The maximum atomic E-state index is 14.9. The van der Waals surface area contributed by atoms with Gasteiger partial charge < -0.3 is 4.90 Å². The van der Waals surface area contributed by atoms with Crippen molar-refractivity contribution in [2.75, 3.05) is 31.1 Å². The molecule has 0 spiro atoms. The summed E-state index contributed by atoms with van der Waals surface area (Å²) in [4.78, 5) is 54.3. The van der Waals surface area contributed by atoms with Crippen molar-refractivity contribution in [1.82, 2.24) is 15.1 Å². The summed E-state index contributed by atoms with van der Waals surface area (Å²) < 4.78 is 14.9. The lowest BCUT2D eigenvalue weighted by Gasteiger charge is -2.43. The van der Waals surface area contributed by atoms with Crippen molar-refractivity contribution in [3.63, 3.8) is 0 Å². The molecule has 30 heavy (non-hydrogen) atoms. The second kappa shape index (κ2) is 7.16. The number of carbonyl (C=O) groups excluding carboxylic acids is 4. The Morgan fingerprint density at radius 2 is 1.57 bits per heavy atom. The molecular formula is C21H25FN4O4. The van der Waals surface area contributed by atoms with E-state index in [1.165, 1.54) is 6.07 Å². The summed E-state index contributed by atoms with van der Waals surface area (Å²) in [6.45, 7) is 9.12. The predicted octanol–water partition coefficient (Wildman–Crippen LogP) is 1.15. The molecule has 0 radical (unpaired) electrons. The molecule has 2 fully saturated rings. The molecule has 1 aromatic carbocycles. The summed E-state index contributed by atoms with van der Waals surface area (Å²) in [5, 5.41) is 2.15. The summed E-state index contributed by atoms with van der Waals surface area (Å²) in [6, 6.07) is 1.45. The molecule has 4 rings (SSSR count). The van der Waals surface area contributed by atoms with Crippen LogP contribution in [0.5, 0.6) is 0 Å². The molecule has 1 N–H and O–H groups in total. The van der Waals surface area contributed by atoms with Gasteiger partial charge in [-0.2, -0.15) is 0 Å². The molecule has 0 saturated carbocycles. The van der Waals surface area contributed by atoms with Crippen LogP contribution in [0.3, 0.4) is 0 Å². The molecule has 1 unspecified atom stereocenters. The number of imide groups is 2. The van der Waals surface area contributed by atoms with E-state index in [1.54, 1.807) is 0 Å². The lowest BCUT2D eigenvalue weighted by atomic mass is 10.0. The van der Waals surface area contributed by atoms with Gasteiger partial charge in [-0.15, -0.1) is 0 Å². The monoisotopic (exact) mass is 416 g/mol. The van der Waals surface area contributed by atoms with Gasteiger partial charge in [0.25, 0.3) is 11.8 Å². The van der Waals surface area contributed by atoms with E-state index in [0.29, 0.717) is 13.1 Å². The first-order valence-corrected chi connectivity index (χ1v) is 10.1. The average Bonchev–Trinajstić information content (AvgIpc) is 2.91. The van der Waals surface area contributed by atoms with E-state index in [0.717, 1.165) is 24.1 Å². The minimum atomic E-state index is -1.06. The average molecular weight is 416 g/mol. The third-order valence-corrected chi connectivity index (χ3v) is 6.08. The van der Waals surface area contributed by atoms with Crippen molar-refractivity contribution in [1.29, 1.82) is 0 Å². The number of halogens is 1. The summed E-state index contributed by atoms with van der Waals surface area (Å²) in [6.07, 6.45) is 0.113. The molecule has 0 aliphatic carbocycles. The number of hydrogen-bond acceptors (Lipinski definition) is 6. The van der Waals surface area contributed by atoms with Gasteiger partial charge in [-0.05, 0) is 39.3 Å². The Bertz CT molecular complexity index is 947. The molecule has 3 aliphatic rings. The molecule has 160 valence electrons. The first kappa shape index (κ1) is 20.5. The maximum Gasteiger partial charge on any atom is 0.262 e. The van der Waals surface area contributed by atoms with Gasteiger partial charge in [0.05, 0.1) is 16.8 Å². The lowest BCUT2D eigenvalue weighted by Crippen LogP contribution is -2.54. The highest BCUT2D eigenvalue weighted by Crippen LogP contribution is 2.33.